The van der Waals surface area contributed by atoms with Crippen molar-refractivity contribution < 1.29 is 13.2 Å². The van der Waals surface area contributed by atoms with E-state index in [0.717, 1.165) is 17.2 Å². The van der Waals surface area contributed by atoms with E-state index in [-0.39, 0.29) is 11.6 Å². The van der Waals surface area contributed by atoms with Crippen LogP contribution in [-0.4, -0.2) is 6.04 Å². The molecule has 0 unspecified atom stereocenters. The third-order valence-electron chi connectivity index (χ3n) is 3.29. The molecule has 0 aliphatic heterocycles. The van der Waals surface area contributed by atoms with E-state index in [0.29, 0.717) is 12.1 Å². The first-order chi connectivity index (χ1) is 9.90. The third-order valence-corrected chi connectivity index (χ3v) is 3.29. The quantitative estimate of drug-likeness (QED) is 0.814. The van der Waals surface area contributed by atoms with E-state index in [2.05, 4.69) is 5.32 Å². The van der Waals surface area contributed by atoms with Crippen molar-refractivity contribution in [2.75, 3.05) is 0 Å². The van der Waals surface area contributed by atoms with Crippen LogP contribution in [0, 0.1) is 24.4 Å². The highest BCUT2D eigenvalue weighted by molar-refractivity contribution is 5.69. The van der Waals surface area contributed by atoms with Crippen molar-refractivity contribution in [2.24, 2.45) is 0 Å². The molecule has 0 radical (unpaired) electrons. The smallest absolute Gasteiger partial charge is 0.195 e. The number of rotatable bonds is 4. The van der Waals surface area contributed by atoms with Crippen molar-refractivity contribution in [3.63, 3.8) is 0 Å². The highest BCUT2D eigenvalue weighted by Gasteiger charge is 2.17. The highest BCUT2D eigenvalue weighted by atomic mass is 19.2. The average Bonchev–Trinajstić information content (AvgIpc) is 2.43. The minimum Gasteiger partial charge on any atom is -0.310 e. The zero-order valence-corrected chi connectivity index (χ0v) is 12.3. The predicted octanol–water partition coefficient (Wildman–Crippen LogP) is 4.58. The SMILES string of the molecule is Cc1ccc(CNC(C)C)c(-c2ccc(F)c(F)c2F)c1. The fourth-order valence-electron chi connectivity index (χ4n) is 2.14. The van der Waals surface area contributed by atoms with Crippen molar-refractivity contribution in [1.29, 1.82) is 0 Å². The van der Waals surface area contributed by atoms with Gasteiger partial charge >= 0.3 is 0 Å². The number of nitrogens with one attached hydrogen (secondary N) is 1. The summed E-state index contributed by atoms with van der Waals surface area (Å²) >= 11 is 0. The molecular formula is C17H18F3N. The first-order valence-electron chi connectivity index (χ1n) is 6.87. The number of benzene rings is 2. The van der Waals surface area contributed by atoms with Crippen molar-refractivity contribution in [2.45, 2.75) is 33.4 Å². The molecule has 0 fully saturated rings. The van der Waals surface area contributed by atoms with Gasteiger partial charge in [0.25, 0.3) is 0 Å². The van der Waals surface area contributed by atoms with Crippen LogP contribution in [0.1, 0.15) is 25.0 Å². The third kappa shape index (κ3) is 3.45. The lowest BCUT2D eigenvalue weighted by atomic mass is 9.96. The van der Waals surface area contributed by atoms with Gasteiger partial charge in [0.15, 0.2) is 17.5 Å². The van der Waals surface area contributed by atoms with Gasteiger partial charge in [0.05, 0.1) is 0 Å². The molecule has 2 rings (SSSR count). The first-order valence-corrected chi connectivity index (χ1v) is 6.87. The molecule has 0 saturated carbocycles. The molecule has 112 valence electrons. The van der Waals surface area contributed by atoms with Crippen LogP contribution in [-0.2, 0) is 6.54 Å². The number of hydrogen-bond donors (Lipinski definition) is 1. The van der Waals surface area contributed by atoms with Crippen molar-refractivity contribution in [3.05, 3.63) is 58.9 Å². The Morgan fingerprint density at radius 2 is 1.67 bits per heavy atom. The molecule has 21 heavy (non-hydrogen) atoms. The summed E-state index contributed by atoms with van der Waals surface area (Å²) in [6.07, 6.45) is 0. The number of aryl methyl sites for hydroxylation is 1. The largest absolute Gasteiger partial charge is 0.310 e. The minimum atomic E-state index is -1.43. The van der Waals surface area contributed by atoms with Gasteiger partial charge < -0.3 is 5.32 Å². The van der Waals surface area contributed by atoms with E-state index >= 15 is 0 Å². The van der Waals surface area contributed by atoms with Crippen LogP contribution in [0.25, 0.3) is 11.1 Å². The Hall–Kier alpha value is -1.81. The van der Waals surface area contributed by atoms with Gasteiger partial charge in [0.1, 0.15) is 0 Å². The van der Waals surface area contributed by atoms with Crippen molar-refractivity contribution in [1.82, 2.24) is 5.32 Å². The van der Waals surface area contributed by atoms with E-state index in [1.54, 1.807) is 6.07 Å². The number of halogens is 3. The molecule has 0 heterocycles. The van der Waals surface area contributed by atoms with E-state index < -0.39 is 17.5 Å². The molecule has 2 aromatic rings. The molecule has 4 heteroatoms. The standard InChI is InChI=1S/C17H18F3N/c1-10(2)21-9-12-5-4-11(3)8-14(12)13-6-7-15(18)17(20)16(13)19/h4-8,10,21H,9H2,1-3H3. The van der Waals surface area contributed by atoms with Crippen LogP contribution in [0.5, 0.6) is 0 Å². The van der Waals surface area contributed by atoms with Gasteiger partial charge in [0.2, 0.25) is 0 Å². The summed E-state index contributed by atoms with van der Waals surface area (Å²) in [6, 6.07) is 8.08. The topological polar surface area (TPSA) is 12.0 Å². The maximum Gasteiger partial charge on any atom is 0.195 e. The second kappa shape index (κ2) is 6.31. The van der Waals surface area contributed by atoms with E-state index in [1.807, 2.05) is 32.9 Å². The van der Waals surface area contributed by atoms with Gasteiger partial charge in [-0.05, 0) is 30.2 Å². The Labute approximate surface area is 122 Å². The summed E-state index contributed by atoms with van der Waals surface area (Å²) in [5.41, 5.74) is 2.44. The number of hydrogen-bond acceptors (Lipinski definition) is 1. The zero-order valence-electron chi connectivity index (χ0n) is 12.3. The van der Waals surface area contributed by atoms with Crippen molar-refractivity contribution >= 4 is 0 Å². The summed E-state index contributed by atoms with van der Waals surface area (Å²) in [6.45, 7) is 6.42. The lowest BCUT2D eigenvalue weighted by Gasteiger charge is -2.14. The fraction of sp³-hybridized carbons (Fsp3) is 0.294. The van der Waals surface area contributed by atoms with Crippen LogP contribution in [0.2, 0.25) is 0 Å². The molecule has 0 bridgehead atoms. The Kier molecular flexibility index (Phi) is 4.68. The van der Waals surface area contributed by atoms with Gasteiger partial charge in [-0.1, -0.05) is 37.6 Å². The zero-order chi connectivity index (χ0) is 15.6. The molecule has 0 aromatic heterocycles. The molecule has 0 saturated heterocycles. The van der Waals surface area contributed by atoms with Crippen LogP contribution >= 0.6 is 0 Å². The normalized spacial score (nSPS) is 11.2. The molecule has 1 N–H and O–H groups in total. The lowest BCUT2D eigenvalue weighted by Crippen LogP contribution is -2.22. The Balaban J connectivity index is 2.52. The van der Waals surface area contributed by atoms with Crippen LogP contribution < -0.4 is 5.32 Å². The maximum absolute atomic E-state index is 14.0. The van der Waals surface area contributed by atoms with Crippen LogP contribution in [0.4, 0.5) is 13.2 Å². The van der Waals surface area contributed by atoms with Gasteiger partial charge in [-0.25, -0.2) is 13.2 Å². The predicted molar refractivity (Wildman–Crippen MR) is 78.5 cm³/mol. The van der Waals surface area contributed by atoms with Gasteiger partial charge in [-0.3, -0.25) is 0 Å². The molecule has 0 atom stereocenters. The Morgan fingerprint density at radius 1 is 0.952 bits per heavy atom. The Morgan fingerprint density at radius 3 is 2.33 bits per heavy atom. The first kappa shape index (κ1) is 15.6. The minimum absolute atomic E-state index is 0.0816. The molecule has 2 aromatic carbocycles. The van der Waals surface area contributed by atoms with Gasteiger partial charge in [-0.15, -0.1) is 0 Å². The summed E-state index contributed by atoms with van der Waals surface area (Å²) in [7, 11) is 0. The average molecular weight is 293 g/mol. The fourth-order valence-corrected chi connectivity index (χ4v) is 2.14. The molecular weight excluding hydrogens is 275 g/mol. The molecule has 1 nitrogen and oxygen atoms in total. The lowest BCUT2D eigenvalue weighted by molar-refractivity contribution is 0.449. The van der Waals surface area contributed by atoms with Crippen molar-refractivity contribution in [3.8, 4) is 11.1 Å². The highest BCUT2D eigenvalue weighted by Crippen LogP contribution is 2.29. The molecule has 0 spiro atoms. The second-order valence-corrected chi connectivity index (χ2v) is 5.42. The summed E-state index contributed by atoms with van der Waals surface area (Å²) in [5.74, 6) is -3.76. The molecule has 0 amide bonds. The van der Waals surface area contributed by atoms with Crippen LogP contribution in [0.15, 0.2) is 30.3 Å². The molecule has 0 aliphatic carbocycles. The summed E-state index contributed by atoms with van der Waals surface area (Å²) in [5, 5.41) is 3.25. The maximum atomic E-state index is 14.0. The van der Waals surface area contributed by atoms with Crippen LogP contribution in [0.3, 0.4) is 0 Å². The van der Waals surface area contributed by atoms with E-state index in [1.165, 1.54) is 6.07 Å². The Bertz CT molecular complexity index is 651. The monoisotopic (exact) mass is 293 g/mol. The second-order valence-electron chi connectivity index (χ2n) is 5.42. The summed E-state index contributed by atoms with van der Waals surface area (Å²) in [4.78, 5) is 0. The van der Waals surface area contributed by atoms with Gasteiger partial charge in [-0.2, -0.15) is 0 Å². The van der Waals surface area contributed by atoms with E-state index in [9.17, 15) is 13.2 Å². The van der Waals surface area contributed by atoms with Gasteiger partial charge in [0, 0.05) is 18.2 Å². The van der Waals surface area contributed by atoms with E-state index in [4.69, 9.17) is 0 Å². The summed E-state index contributed by atoms with van der Waals surface area (Å²) < 4.78 is 40.6. The molecule has 0 aliphatic rings.